The SMILES string of the molecule is CCn1nc(C)c(Br)c1CC(CCl)C(C)(C)C. The Bertz CT molecular complexity index is 380. The average molecular weight is 322 g/mol. The lowest BCUT2D eigenvalue weighted by molar-refractivity contribution is 0.259. The maximum Gasteiger partial charge on any atom is 0.0738 e. The second-order valence-electron chi connectivity index (χ2n) is 5.58. The molecule has 98 valence electrons. The molecule has 0 fully saturated rings. The Kier molecular flexibility index (Phi) is 5.08. The molecule has 1 aromatic rings. The van der Waals surface area contributed by atoms with Crippen molar-refractivity contribution in [1.29, 1.82) is 0 Å². The van der Waals surface area contributed by atoms with Gasteiger partial charge in [0.05, 0.1) is 15.9 Å². The summed E-state index contributed by atoms with van der Waals surface area (Å²) in [6.07, 6.45) is 0.974. The van der Waals surface area contributed by atoms with Crippen molar-refractivity contribution in [3.05, 3.63) is 15.9 Å². The molecule has 1 aromatic heterocycles. The maximum absolute atomic E-state index is 6.11. The van der Waals surface area contributed by atoms with Crippen LogP contribution >= 0.6 is 27.5 Å². The van der Waals surface area contributed by atoms with Gasteiger partial charge in [0.15, 0.2) is 0 Å². The molecule has 1 atom stereocenters. The molecule has 4 heteroatoms. The fourth-order valence-electron chi connectivity index (χ4n) is 1.89. The van der Waals surface area contributed by atoms with Crippen LogP contribution in [0.2, 0.25) is 0 Å². The first-order valence-electron chi connectivity index (χ1n) is 6.09. The molecular formula is C13H22BrClN2. The highest BCUT2D eigenvalue weighted by Gasteiger charge is 2.26. The summed E-state index contributed by atoms with van der Waals surface area (Å²) in [5, 5.41) is 4.52. The van der Waals surface area contributed by atoms with Crippen molar-refractivity contribution >= 4 is 27.5 Å². The van der Waals surface area contributed by atoms with Gasteiger partial charge in [0, 0.05) is 12.4 Å². The van der Waals surface area contributed by atoms with Crippen molar-refractivity contribution in [3.8, 4) is 0 Å². The minimum absolute atomic E-state index is 0.220. The zero-order valence-corrected chi connectivity index (χ0v) is 13.7. The van der Waals surface area contributed by atoms with E-state index in [0.29, 0.717) is 11.8 Å². The van der Waals surface area contributed by atoms with E-state index in [1.165, 1.54) is 5.69 Å². The fourth-order valence-corrected chi connectivity index (χ4v) is 2.91. The molecule has 0 spiro atoms. The molecule has 17 heavy (non-hydrogen) atoms. The van der Waals surface area contributed by atoms with Crippen molar-refractivity contribution < 1.29 is 0 Å². The van der Waals surface area contributed by atoms with Crippen LogP contribution in [0.25, 0.3) is 0 Å². The first kappa shape index (κ1) is 15.0. The van der Waals surface area contributed by atoms with Crippen LogP contribution in [0.15, 0.2) is 4.47 Å². The maximum atomic E-state index is 6.11. The highest BCUT2D eigenvalue weighted by atomic mass is 79.9. The molecule has 0 N–H and O–H groups in total. The number of aromatic nitrogens is 2. The van der Waals surface area contributed by atoms with Gasteiger partial charge in [-0.3, -0.25) is 4.68 Å². The summed E-state index contributed by atoms with van der Waals surface area (Å²) in [4.78, 5) is 0. The predicted octanol–water partition coefficient (Wildman–Crippen LogP) is 4.42. The van der Waals surface area contributed by atoms with E-state index >= 15 is 0 Å². The summed E-state index contributed by atoms with van der Waals surface area (Å²) in [5.41, 5.74) is 2.55. The van der Waals surface area contributed by atoms with E-state index in [9.17, 15) is 0 Å². The standard InChI is InChI=1S/C13H22BrClN2/c1-6-17-11(12(14)9(2)16-17)7-10(8-15)13(3,4)5/h10H,6-8H2,1-5H3. The number of hydrogen-bond acceptors (Lipinski definition) is 1. The molecule has 0 saturated carbocycles. The first-order chi connectivity index (χ1) is 7.81. The van der Waals surface area contributed by atoms with Crippen LogP contribution in [0.1, 0.15) is 39.1 Å². The second kappa shape index (κ2) is 5.75. The van der Waals surface area contributed by atoms with Gasteiger partial charge in [-0.05, 0) is 47.5 Å². The molecule has 0 bridgehead atoms. The molecular weight excluding hydrogens is 300 g/mol. The van der Waals surface area contributed by atoms with Crippen molar-refractivity contribution in [3.63, 3.8) is 0 Å². The number of hydrogen-bond donors (Lipinski definition) is 0. The molecule has 0 radical (unpaired) electrons. The molecule has 0 aromatic carbocycles. The molecule has 2 nitrogen and oxygen atoms in total. The van der Waals surface area contributed by atoms with Crippen LogP contribution in [0.5, 0.6) is 0 Å². The smallest absolute Gasteiger partial charge is 0.0738 e. The summed E-state index contributed by atoms with van der Waals surface area (Å²) in [6, 6.07) is 0. The number of aryl methyl sites for hydroxylation is 2. The highest BCUT2D eigenvalue weighted by molar-refractivity contribution is 9.10. The van der Waals surface area contributed by atoms with Crippen LogP contribution in [0, 0.1) is 18.3 Å². The van der Waals surface area contributed by atoms with Crippen LogP contribution in [-0.4, -0.2) is 15.7 Å². The van der Waals surface area contributed by atoms with E-state index in [4.69, 9.17) is 11.6 Å². The summed E-state index contributed by atoms with van der Waals surface area (Å²) >= 11 is 9.75. The Morgan fingerprint density at radius 3 is 2.41 bits per heavy atom. The van der Waals surface area contributed by atoms with E-state index in [1.807, 2.05) is 6.92 Å². The van der Waals surface area contributed by atoms with Gasteiger partial charge in [-0.2, -0.15) is 5.10 Å². The van der Waals surface area contributed by atoms with Crippen molar-refractivity contribution in [2.45, 2.75) is 47.6 Å². The number of nitrogens with zero attached hydrogens (tertiary/aromatic N) is 2. The molecule has 0 amide bonds. The van der Waals surface area contributed by atoms with Gasteiger partial charge in [0.1, 0.15) is 0 Å². The van der Waals surface area contributed by atoms with Crippen LogP contribution in [0.4, 0.5) is 0 Å². The van der Waals surface area contributed by atoms with Crippen molar-refractivity contribution in [1.82, 2.24) is 9.78 Å². The Labute approximate surface area is 118 Å². The zero-order valence-electron chi connectivity index (χ0n) is 11.3. The topological polar surface area (TPSA) is 17.8 Å². The van der Waals surface area contributed by atoms with Gasteiger partial charge in [-0.25, -0.2) is 0 Å². The van der Waals surface area contributed by atoms with Gasteiger partial charge < -0.3 is 0 Å². The normalized spacial score (nSPS) is 14.1. The van der Waals surface area contributed by atoms with Gasteiger partial charge in [-0.15, -0.1) is 11.6 Å². The largest absolute Gasteiger partial charge is 0.268 e. The molecule has 1 heterocycles. The van der Waals surface area contributed by atoms with Crippen molar-refractivity contribution in [2.75, 3.05) is 5.88 Å². The Hall–Kier alpha value is -0.0200. The fraction of sp³-hybridized carbons (Fsp3) is 0.769. The third-order valence-electron chi connectivity index (χ3n) is 3.30. The zero-order chi connectivity index (χ0) is 13.2. The predicted molar refractivity (Wildman–Crippen MR) is 77.7 cm³/mol. The highest BCUT2D eigenvalue weighted by Crippen LogP contribution is 2.33. The van der Waals surface area contributed by atoms with Crippen LogP contribution < -0.4 is 0 Å². The lowest BCUT2D eigenvalue weighted by atomic mass is 9.79. The van der Waals surface area contributed by atoms with E-state index in [1.54, 1.807) is 0 Å². The molecule has 0 saturated heterocycles. The Morgan fingerprint density at radius 2 is 2.00 bits per heavy atom. The summed E-state index contributed by atoms with van der Waals surface area (Å²) in [7, 11) is 0. The lowest BCUT2D eigenvalue weighted by Gasteiger charge is -2.29. The summed E-state index contributed by atoms with van der Waals surface area (Å²) < 4.78 is 3.21. The Balaban J connectivity index is 3.01. The minimum Gasteiger partial charge on any atom is -0.268 e. The van der Waals surface area contributed by atoms with E-state index in [-0.39, 0.29) is 5.41 Å². The molecule has 0 aliphatic carbocycles. The van der Waals surface area contributed by atoms with E-state index in [2.05, 4.69) is 53.4 Å². The lowest BCUT2D eigenvalue weighted by Crippen LogP contribution is -2.25. The average Bonchev–Trinajstić information content (AvgIpc) is 2.50. The third-order valence-corrected chi connectivity index (χ3v) is 4.71. The summed E-state index contributed by atoms with van der Waals surface area (Å²) in [6.45, 7) is 11.8. The first-order valence-corrected chi connectivity index (χ1v) is 7.41. The number of halogens is 2. The molecule has 1 rings (SSSR count). The third kappa shape index (κ3) is 3.47. The minimum atomic E-state index is 0.220. The van der Waals surface area contributed by atoms with Gasteiger partial charge in [-0.1, -0.05) is 20.8 Å². The number of alkyl halides is 1. The van der Waals surface area contributed by atoms with Gasteiger partial charge >= 0.3 is 0 Å². The van der Waals surface area contributed by atoms with Gasteiger partial charge in [0.2, 0.25) is 0 Å². The second-order valence-corrected chi connectivity index (χ2v) is 6.68. The van der Waals surface area contributed by atoms with E-state index in [0.717, 1.165) is 23.1 Å². The van der Waals surface area contributed by atoms with E-state index < -0.39 is 0 Å². The van der Waals surface area contributed by atoms with Crippen LogP contribution in [-0.2, 0) is 13.0 Å². The molecule has 1 unspecified atom stereocenters. The number of rotatable bonds is 4. The Morgan fingerprint density at radius 1 is 1.41 bits per heavy atom. The quantitative estimate of drug-likeness (QED) is 0.751. The van der Waals surface area contributed by atoms with Crippen molar-refractivity contribution in [2.24, 2.45) is 11.3 Å². The molecule has 0 aliphatic rings. The van der Waals surface area contributed by atoms with Crippen LogP contribution in [0.3, 0.4) is 0 Å². The summed E-state index contributed by atoms with van der Waals surface area (Å²) in [5.74, 6) is 1.14. The molecule has 0 aliphatic heterocycles. The van der Waals surface area contributed by atoms with Gasteiger partial charge in [0.25, 0.3) is 0 Å². The monoisotopic (exact) mass is 320 g/mol.